The number of carbonyl (C=O) groups is 2. The van der Waals surface area contributed by atoms with Crippen LogP contribution in [0.15, 0.2) is 0 Å². The van der Waals surface area contributed by atoms with Crippen molar-refractivity contribution in [3.8, 4) is 0 Å². The van der Waals surface area contributed by atoms with Crippen molar-refractivity contribution >= 4 is 23.2 Å². The summed E-state index contributed by atoms with van der Waals surface area (Å²) in [6, 6.07) is 0. The van der Waals surface area contributed by atoms with E-state index in [9.17, 15) is 9.59 Å². The predicted molar refractivity (Wildman–Crippen MR) is 86.3 cm³/mol. The summed E-state index contributed by atoms with van der Waals surface area (Å²) in [5.74, 6) is -0.552. The van der Waals surface area contributed by atoms with E-state index in [-0.39, 0.29) is 24.2 Å². The van der Waals surface area contributed by atoms with Gasteiger partial charge >= 0.3 is 5.97 Å². The summed E-state index contributed by atoms with van der Waals surface area (Å²) in [6.45, 7) is 0.589. The van der Waals surface area contributed by atoms with Crippen molar-refractivity contribution in [1.29, 1.82) is 0 Å². The Bertz CT molecular complexity index is 612. The lowest BCUT2D eigenvalue weighted by atomic mass is 9.85. The molecule has 1 aromatic heterocycles. The van der Waals surface area contributed by atoms with E-state index in [0.717, 1.165) is 50.0 Å². The van der Waals surface area contributed by atoms with Crippen LogP contribution in [-0.4, -0.2) is 29.0 Å². The summed E-state index contributed by atoms with van der Waals surface area (Å²) in [4.78, 5) is 30.3. The second kappa shape index (κ2) is 5.89. The second-order valence-corrected chi connectivity index (χ2v) is 8.04. The van der Waals surface area contributed by atoms with Gasteiger partial charge in [0, 0.05) is 17.8 Å². The lowest BCUT2D eigenvalue weighted by Gasteiger charge is -2.27. The van der Waals surface area contributed by atoms with Gasteiger partial charge in [0.05, 0.1) is 23.0 Å². The minimum absolute atomic E-state index is 0.0261. The van der Waals surface area contributed by atoms with Crippen LogP contribution in [0.1, 0.15) is 54.1 Å². The summed E-state index contributed by atoms with van der Waals surface area (Å²) in [5, 5.41) is 4.12. The molecule has 0 aromatic carbocycles. The van der Waals surface area contributed by atoms with Crippen LogP contribution in [0.25, 0.3) is 0 Å². The van der Waals surface area contributed by atoms with Crippen LogP contribution >= 0.6 is 11.3 Å². The molecule has 1 saturated heterocycles. The van der Waals surface area contributed by atoms with Gasteiger partial charge in [-0.15, -0.1) is 11.3 Å². The van der Waals surface area contributed by atoms with Crippen LogP contribution in [0.2, 0.25) is 0 Å². The molecule has 2 heterocycles. The van der Waals surface area contributed by atoms with Crippen LogP contribution in [0.5, 0.6) is 0 Å². The number of aryl methyl sites for hydroxylation is 2. The van der Waals surface area contributed by atoms with Gasteiger partial charge in [-0.1, -0.05) is 0 Å². The van der Waals surface area contributed by atoms with E-state index >= 15 is 0 Å². The van der Waals surface area contributed by atoms with Crippen molar-refractivity contribution in [3.05, 3.63) is 15.6 Å². The molecule has 4 rings (SSSR count). The van der Waals surface area contributed by atoms with E-state index in [1.54, 1.807) is 11.3 Å². The zero-order valence-electron chi connectivity index (χ0n) is 13.2. The number of nitrogens with one attached hydrogen (secondary N) is 1. The zero-order valence-corrected chi connectivity index (χ0v) is 14.0. The highest BCUT2D eigenvalue weighted by Crippen LogP contribution is 2.45. The van der Waals surface area contributed by atoms with Gasteiger partial charge in [0.15, 0.2) is 0 Å². The first-order valence-corrected chi connectivity index (χ1v) is 9.45. The van der Waals surface area contributed by atoms with Crippen LogP contribution in [0, 0.1) is 5.92 Å². The third-order valence-electron chi connectivity index (χ3n) is 5.37. The molecule has 1 amide bonds. The van der Waals surface area contributed by atoms with Crippen LogP contribution in [-0.2, 0) is 33.6 Å². The van der Waals surface area contributed by atoms with Crippen LogP contribution in [0.4, 0.5) is 0 Å². The molecular weight excluding hydrogens is 312 g/mol. The molecule has 124 valence electrons. The Hall–Kier alpha value is -1.43. The molecule has 1 N–H and O–H groups in total. The van der Waals surface area contributed by atoms with Crippen molar-refractivity contribution in [1.82, 2.24) is 10.3 Å². The van der Waals surface area contributed by atoms with Crippen LogP contribution in [0.3, 0.4) is 0 Å². The first kappa shape index (κ1) is 15.1. The molecule has 2 aliphatic carbocycles. The van der Waals surface area contributed by atoms with Crippen molar-refractivity contribution in [2.24, 2.45) is 5.92 Å². The molecule has 2 fully saturated rings. The fraction of sp³-hybridized carbons (Fsp3) is 0.706. The van der Waals surface area contributed by atoms with Gasteiger partial charge < -0.3 is 10.1 Å². The molecule has 1 aromatic rings. The van der Waals surface area contributed by atoms with Gasteiger partial charge in [-0.2, -0.15) is 0 Å². The highest BCUT2D eigenvalue weighted by molar-refractivity contribution is 7.11. The van der Waals surface area contributed by atoms with E-state index < -0.39 is 5.60 Å². The Morgan fingerprint density at radius 1 is 1.30 bits per heavy atom. The number of carbonyl (C=O) groups excluding carboxylic acids is 2. The molecule has 1 saturated carbocycles. The molecule has 23 heavy (non-hydrogen) atoms. The monoisotopic (exact) mass is 334 g/mol. The number of aromatic nitrogens is 1. The zero-order chi connectivity index (χ0) is 15.9. The second-order valence-electron chi connectivity index (χ2n) is 6.87. The summed E-state index contributed by atoms with van der Waals surface area (Å²) in [5.41, 5.74) is 0.750. The first-order chi connectivity index (χ1) is 11.2. The molecule has 1 unspecified atom stereocenters. The minimum atomic E-state index is -0.510. The van der Waals surface area contributed by atoms with Crippen molar-refractivity contribution in [3.63, 3.8) is 0 Å². The average Bonchev–Trinajstić information content (AvgIpc) is 3.24. The number of fused-ring (bicyclic) bond motifs is 1. The van der Waals surface area contributed by atoms with E-state index in [2.05, 4.69) is 10.3 Å². The average molecular weight is 334 g/mol. The fourth-order valence-corrected chi connectivity index (χ4v) is 5.37. The Balaban J connectivity index is 1.33. The van der Waals surface area contributed by atoms with E-state index in [4.69, 9.17) is 4.74 Å². The Kier molecular flexibility index (Phi) is 3.87. The van der Waals surface area contributed by atoms with Gasteiger partial charge in [0.1, 0.15) is 5.60 Å². The predicted octanol–water partition coefficient (Wildman–Crippen LogP) is 2.17. The molecule has 1 atom stereocenters. The minimum Gasteiger partial charge on any atom is -0.458 e. The highest BCUT2D eigenvalue weighted by Gasteiger charge is 2.53. The third kappa shape index (κ3) is 2.77. The number of esters is 1. The Labute approximate surface area is 139 Å². The summed E-state index contributed by atoms with van der Waals surface area (Å²) >= 11 is 1.78. The molecular formula is C17H22N2O3S. The van der Waals surface area contributed by atoms with Crippen molar-refractivity contribution in [2.75, 3.05) is 6.54 Å². The Morgan fingerprint density at radius 2 is 2.13 bits per heavy atom. The van der Waals surface area contributed by atoms with Gasteiger partial charge in [-0.05, 0) is 44.9 Å². The first-order valence-electron chi connectivity index (χ1n) is 8.63. The number of hydrogen-bond acceptors (Lipinski definition) is 5. The summed E-state index contributed by atoms with van der Waals surface area (Å²) < 4.78 is 5.54. The van der Waals surface area contributed by atoms with E-state index in [1.165, 1.54) is 17.0 Å². The number of thiazole rings is 1. The lowest BCUT2D eigenvalue weighted by molar-refractivity contribution is -0.149. The fourth-order valence-electron chi connectivity index (χ4n) is 4.21. The number of hydrogen-bond donors (Lipinski definition) is 1. The number of amides is 1. The lowest BCUT2D eigenvalue weighted by Crippen LogP contribution is -2.43. The van der Waals surface area contributed by atoms with E-state index in [1.807, 2.05) is 0 Å². The smallest absolute Gasteiger partial charge is 0.307 e. The molecule has 5 nitrogen and oxygen atoms in total. The Morgan fingerprint density at radius 3 is 2.91 bits per heavy atom. The normalized spacial score (nSPS) is 24.9. The highest BCUT2D eigenvalue weighted by atomic mass is 32.1. The van der Waals surface area contributed by atoms with Crippen molar-refractivity contribution < 1.29 is 14.3 Å². The van der Waals surface area contributed by atoms with E-state index in [0.29, 0.717) is 6.54 Å². The maximum absolute atomic E-state index is 12.5. The quantitative estimate of drug-likeness (QED) is 0.857. The third-order valence-corrected chi connectivity index (χ3v) is 6.58. The summed E-state index contributed by atoms with van der Waals surface area (Å²) in [7, 11) is 0. The van der Waals surface area contributed by atoms with Crippen molar-refractivity contribution in [2.45, 2.75) is 63.4 Å². The largest absolute Gasteiger partial charge is 0.458 e. The molecule has 0 radical (unpaired) electrons. The SMILES string of the molecule is O=C1CC(C(=O)NCCc2nc3c(s2)CCC3)C2(CCCC2)O1. The maximum atomic E-state index is 12.5. The number of nitrogens with zero attached hydrogens (tertiary/aromatic N) is 1. The van der Waals surface area contributed by atoms with Gasteiger partial charge in [-0.25, -0.2) is 4.98 Å². The molecule has 1 spiro atoms. The standard InChI is InChI=1S/C17H22N2O3S/c20-15-10-11(17(22-15)7-1-2-8-17)16(21)18-9-6-14-19-12-4-3-5-13(12)23-14/h11H,1-10H2,(H,18,21). The van der Waals surface area contributed by atoms with Crippen LogP contribution < -0.4 is 5.32 Å². The maximum Gasteiger partial charge on any atom is 0.307 e. The number of rotatable bonds is 4. The summed E-state index contributed by atoms with van der Waals surface area (Å²) in [6.07, 6.45) is 8.24. The molecule has 3 aliphatic rings. The molecule has 6 heteroatoms. The topological polar surface area (TPSA) is 68.3 Å². The van der Waals surface area contributed by atoms with Gasteiger partial charge in [0.25, 0.3) is 0 Å². The van der Waals surface area contributed by atoms with Gasteiger partial charge in [0.2, 0.25) is 5.91 Å². The molecule has 1 aliphatic heterocycles. The number of ether oxygens (including phenoxy) is 1. The van der Waals surface area contributed by atoms with Gasteiger partial charge in [-0.3, -0.25) is 9.59 Å². The molecule has 0 bridgehead atoms.